The van der Waals surface area contributed by atoms with Crippen molar-refractivity contribution in [1.29, 1.82) is 0 Å². The molecular weight excluding hydrogens is 140 g/mol. The summed E-state index contributed by atoms with van der Waals surface area (Å²) >= 11 is 0. The molecule has 0 amide bonds. The smallest absolute Gasteiger partial charge is 0.114 e. The van der Waals surface area contributed by atoms with Crippen molar-refractivity contribution in [1.82, 2.24) is 9.97 Å². The standard InChI is InChI=1S/C8H12N2O/c11-6-8(2-1-3-8)7-9-4-5-10-7/h4-5,11H,1-3,6H2,(H,9,10). The van der Waals surface area contributed by atoms with Crippen molar-refractivity contribution in [3.63, 3.8) is 0 Å². The molecule has 1 saturated carbocycles. The summed E-state index contributed by atoms with van der Waals surface area (Å²) in [6, 6.07) is 0. The van der Waals surface area contributed by atoms with Crippen molar-refractivity contribution < 1.29 is 5.11 Å². The van der Waals surface area contributed by atoms with Crippen LogP contribution in [0.1, 0.15) is 25.1 Å². The minimum absolute atomic E-state index is 0.0243. The van der Waals surface area contributed by atoms with Gasteiger partial charge in [0.2, 0.25) is 0 Å². The monoisotopic (exact) mass is 152 g/mol. The molecule has 0 unspecified atom stereocenters. The largest absolute Gasteiger partial charge is 0.395 e. The quantitative estimate of drug-likeness (QED) is 0.659. The first-order valence-corrected chi connectivity index (χ1v) is 3.98. The van der Waals surface area contributed by atoms with Crippen molar-refractivity contribution in [2.45, 2.75) is 24.7 Å². The molecule has 0 spiro atoms. The molecule has 11 heavy (non-hydrogen) atoms. The summed E-state index contributed by atoms with van der Waals surface area (Å²) in [5, 5.41) is 9.15. The summed E-state index contributed by atoms with van der Waals surface area (Å²) < 4.78 is 0. The Morgan fingerprint density at radius 1 is 1.64 bits per heavy atom. The van der Waals surface area contributed by atoms with Crippen LogP contribution in [0, 0.1) is 0 Å². The van der Waals surface area contributed by atoms with Crippen LogP contribution >= 0.6 is 0 Å². The Morgan fingerprint density at radius 3 is 2.82 bits per heavy atom. The van der Waals surface area contributed by atoms with Gasteiger partial charge in [0.05, 0.1) is 12.0 Å². The van der Waals surface area contributed by atoms with Crippen LogP contribution in [0.15, 0.2) is 12.4 Å². The maximum Gasteiger partial charge on any atom is 0.114 e. The summed E-state index contributed by atoms with van der Waals surface area (Å²) in [5.74, 6) is 0.950. The molecule has 60 valence electrons. The molecule has 1 heterocycles. The topological polar surface area (TPSA) is 48.9 Å². The molecule has 1 aliphatic rings. The zero-order valence-corrected chi connectivity index (χ0v) is 6.38. The Bertz CT molecular complexity index is 221. The Kier molecular flexibility index (Phi) is 1.46. The Morgan fingerprint density at radius 2 is 2.45 bits per heavy atom. The van der Waals surface area contributed by atoms with E-state index >= 15 is 0 Å². The maximum atomic E-state index is 9.15. The van der Waals surface area contributed by atoms with Gasteiger partial charge in [-0.3, -0.25) is 0 Å². The minimum Gasteiger partial charge on any atom is -0.395 e. The van der Waals surface area contributed by atoms with Gasteiger partial charge in [0.1, 0.15) is 5.82 Å². The van der Waals surface area contributed by atoms with Gasteiger partial charge in [-0.1, -0.05) is 6.42 Å². The van der Waals surface area contributed by atoms with E-state index in [0.29, 0.717) is 0 Å². The molecule has 0 aliphatic heterocycles. The zero-order chi connectivity index (χ0) is 7.73. The molecule has 1 fully saturated rings. The number of H-pyrrole nitrogens is 1. The SMILES string of the molecule is OCC1(c2ncc[nH]2)CCC1. The molecule has 0 atom stereocenters. The molecular formula is C8H12N2O. The van der Waals surface area contributed by atoms with Gasteiger partial charge in [-0.05, 0) is 12.8 Å². The Hall–Kier alpha value is -0.830. The van der Waals surface area contributed by atoms with Gasteiger partial charge < -0.3 is 10.1 Å². The van der Waals surface area contributed by atoms with E-state index in [0.717, 1.165) is 18.7 Å². The second-order valence-electron chi connectivity index (χ2n) is 3.23. The second-order valence-corrected chi connectivity index (χ2v) is 3.23. The summed E-state index contributed by atoms with van der Waals surface area (Å²) in [5.41, 5.74) is -0.0243. The van der Waals surface area contributed by atoms with Crippen molar-refractivity contribution in [2.24, 2.45) is 0 Å². The summed E-state index contributed by atoms with van der Waals surface area (Å²) in [4.78, 5) is 7.23. The van der Waals surface area contributed by atoms with Crippen molar-refractivity contribution in [3.8, 4) is 0 Å². The average Bonchev–Trinajstić information content (AvgIpc) is 2.39. The third-order valence-electron chi connectivity index (χ3n) is 2.61. The van der Waals surface area contributed by atoms with E-state index in [1.54, 1.807) is 6.20 Å². The molecule has 0 saturated heterocycles. The lowest BCUT2D eigenvalue weighted by Crippen LogP contribution is -2.38. The third kappa shape index (κ3) is 0.878. The fraction of sp³-hybridized carbons (Fsp3) is 0.625. The van der Waals surface area contributed by atoms with Crippen LogP contribution in [-0.4, -0.2) is 21.7 Å². The van der Waals surface area contributed by atoms with E-state index in [-0.39, 0.29) is 12.0 Å². The first-order chi connectivity index (χ1) is 5.37. The fourth-order valence-electron chi connectivity index (χ4n) is 1.63. The first kappa shape index (κ1) is 6.85. The van der Waals surface area contributed by atoms with Crippen LogP contribution in [0.4, 0.5) is 0 Å². The minimum atomic E-state index is -0.0243. The van der Waals surface area contributed by atoms with E-state index in [9.17, 15) is 0 Å². The third-order valence-corrected chi connectivity index (χ3v) is 2.61. The van der Waals surface area contributed by atoms with E-state index < -0.39 is 0 Å². The van der Waals surface area contributed by atoms with Crippen molar-refractivity contribution in [2.75, 3.05) is 6.61 Å². The van der Waals surface area contributed by atoms with Gasteiger partial charge in [-0.25, -0.2) is 4.98 Å². The summed E-state index contributed by atoms with van der Waals surface area (Å²) in [6.07, 6.45) is 6.89. The van der Waals surface area contributed by atoms with E-state index in [1.165, 1.54) is 6.42 Å². The van der Waals surface area contributed by atoms with Gasteiger partial charge >= 0.3 is 0 Å². The highest BCUT2D eigenvalue weighted by atomic mass is 16.3. The Balaban J connectivity index is 2.25. The number of hydrogen-bond donors (Lipinski definition) is 2. The van der Waals surface area contributed by atoms with Crippen LogP contribution in [0.5, 0.6) is 0 Å². The molecule has 3 heteroatoms. The summed E-state index contributed by atoms with van der Waals surface area (Å²) in [7, 11) is 0. The highest BCUT2D eigenvalue weighted by molar-refractivity contribution is 5.12. The van der Waals surface area contributed by atoms with Gasteiger partial charge in [-0.15, -0.1) is 0 Å². The van der Waals surface area contributed by atoms with Crippen molar-refractivity contribution >= 4 is 0 Å². The Labute approximate surface area is 65.5 Å². The van der Waals surface area contributed by atoms with Crippen LogP contribution in [0.2, 0.25) is 0 Å². The van der Waals surface area contributed by atoms with Crippen LogP contribution < -0.4 is 0 Å². The van der Waals surface area contributed by atoms with Gasteiger partial charge in [-0.2, -0.15) is 0 Å². The van der Waals surface area contributed by atoms with Crippen LogP contribution in [0.25, 0.3) is 0 Å². The second kappa shape index (κ2) is 2.34. The number of nitrogens with one attached hydrogen (secondary N) is 1. The highest BCUT2D eigenvalue weighted by Gasteiger charge is 2.40. The molecule has 0 radical (unpaired) electrons. The predicted molar refractivity (Wildman–Crippen MR) is 41.2 cm³/mol. The summed E-state index contributed by atoms with van der Waals surface area (Å²) in [6.45, 7) is 0.223. The van der Waals surface area contributed by atoms with E-state index in [2.05, 4.69) is 9.97 Å². The fourth-order valence-corrected chi connectivity index (χ4v) is 1.63. The number of aromatic amines is 1. The molecule has 1 aromatic heterocycles. The van der Waals surface area contributed by atoms with Crippen LogP contribution in [0.3, 0.4) is 0 Å². The number of aliphatic hydroxyl groups is 1. The van der Waals surface area contributed by atoms with E-state index in [4.69, 9.17) is 5.11 Å². The molecule has 0 aromatic carbocycles. The number of aromatic nitrogens is 2. The van der Waals surface area contributed by atoms with Crippen LogP contribution in [-0.2, 0) is 5.41 Å². The zero-order valence-electron chi connectivity index (χ0n) is 6.38. The number of aliphatic hydroxyl groups excluding tert-OH is 1. The number of nitrogens with zero attached hydrogens (tertiary/aromatic N) is 1. The average molecular weight is 152 g/mol. The lowest BCUT2D eigenvalue weighted by Gasteiger charge is -2.38. The lowest BCUT2D eigenvalue weighted by atomic mass is 9.69. The molecule has 2 rings (SSSR count). The lowest BCUT2D eigenvalue weighted by molar-refractivity contribution is 0.113. The molecule has 3 nitrogen and oxygen atoms in total. The highest BCUT2D eigenvalue weighted by Crippen LogP contribution is 2.41. The maximum absolute atomic E-state index is 9.15. The molecule has 0 bridgehead atoms. The van der Waals surface area contributed by atoms with E-state index in [1.807, 2.05) is 6.20 Å². The normalized spacial score (nSPS) is 21.2. The number of rotatable bonds is 2. The van der Waals surface area contributed by atoms with Crippen molar-refractivity contribution in [3.05, 3.63) is 18.2 Å². The number of imidazole rings is 1. The number of hydrogen-bond acceptors (Lipinski definition) is 2. The molecule has 1 aromatic rings. The van der Waals surface area contributed by atoms with Gasteiger partial charge in [0.15, 0.2) is 0 Å². The molecule has 1 aliphatic carbocycles. The van der Waals surface area contributed by atoms with Gasteiger partial charge in [0, 0.05) is 12.4 Å². The first-order valence-electron chi connectivity index (χ1n) is 3.98. The van der Waals surface area contributed by atoms with Gasteiger partial charge in [0.25, 0.3) is 0 Å². The molecule has 2 N–H and O–H groups in total. The predicted octanol–water partition coefficient (Wildman–Crippen LogP) is 0.824.